The molecule has 0 saturated carbocycles. The molecule has 0 radical (unpaired) electrons. The monoisotopic (exact) mass is 293 g/mol. The smallest absolute Gasteiger partial charge is 0.204 e. The van der Waals surface area contributed by atoms with E-state index >= 15 is 0 Å². The Hall–Kier alpha value is -1.62. The number of hydrogen-bond acceptors (Lipinski definition) is 4. The van der Waals surface area contributed by atoms with Gasteiger partial charge >= 0.3 is 0 Å². The SMILES string of the molecule is COc1c(F)cc2c(c1CCC1CCNCC1)OCC2=O. The standard InChI is InChI=1S/C16H20FNO3/c1-20-16-11(3-2-10-4-6-18-7-5-10)15-12(8-13(16)17)14(19)9-21-15/h8,10,18H,2-7,9H2,1H3. The summed E-state index contributed by atoms with van der Waals surface area (Å²) in [6.45, 7) is 2.08. The lowest BCUT2D eigenvalue weighted by atomic mass is 9.90. The third-order valence-corrected chi connectivity index (χ3v) is 4.39. The first-order chi connectivity index (χ1) is 10.2. The normalized spacial score (nSPS) is 18.5. The van der Waals surface area contributed by atoms with E-state index in [0.29, 0.717) is 29.2 Å². The minimum absolute atomic E-state index is 0.00227. The highest BCUT2D eigenvalue weighted by Crippen LogP contribution is 2.39. The molecule has 0 atom stereocenters. The molecule has 1 saturated heterocycles. The Morgan fingerprint density at radius 2 is 2.19 bits per heavy atom. The predicted molar refractivity (Wildman–Crippen MR) is 76.7 cm³/mol. The van der Waals surface area contributed by atoms with Gasteiger partial charge in [0.2, 0.25) is 5.78 Å². The first-order valence-corrected chi connectivity index (χ1v) is 7.46. The van der Waals surface area contributed by atoms with Gasteiger partial charge in [-0.3, -0.25) is 4.79 Å². The lowest BCUT2D eigenvalue weighted by Crippen LogP contribution is -2.27. The molecule has 0 aliphatic carbocycles. The van der Waals surface area contributed by atoms with Crippen molar-refractivity contribution in [2.75, 3.05) is 26.8 Å². The second-order valence-electron chi connectivity index (χ2n) is 5.69. The van der Waals surface area contributed by atoms with Crippen LogP contribution in [0, 0.1) is 11.7 Å². The molecule has 1 aromatic carbocycles. The van der Waals surface area contributed by atoms with Gasteiger partial charge in [-0.05, 0) is 50.8 Å². The number of Topliss-reactive ketones (excluding diaryl/α,β-unsaturated/α-hetero) is 1. The van der Waals surface area contributed by atoms with Crippen LogP contribution in [0.2, 0.25) is 0 Å². The topological polar surface area (TPSA) is 47.6 Å². The molecule has 0 spiro atoms. The van der Waals surface area contributed by atoms with E-state index in [4.69, 9.17) is 9.47 Å². The maximum Gasteiger partial charge on any atom is 0.204 e. The summed E-state index contributed by atoms with van der Waals surface area (Å²) in [5.41, 5.74) is 1.06. The van der Waals surface area contributed by atoms with E-state index < -0.39 is 5.82 Å². The fraction of sp³-hybridized carbons (Fsp3) is 0.562. The van der Waals surface area contributed by atoms with Gasteiger partial charge in [0.05, 0.1) is 12.7 Å². The van der Waals surface area contributed by atoms with E-state index in [1.54, 1.807) is 0 Å². The van der Waals surface area contributed by atoms with Crippen LogP contribution in [0.5, 0.6) is 11.5 Å². The molecule has 4 nitrogen and oxygen atoms in total. The van der Waals surface area contributed by atoms with E-state index in [1.807, 2.05) is 0 Å². The number of fused-ring (bicyclic) bond motifs is 1. The van der Waals surface area contributed by atoms with E-state index in [2.05, 4.69) is 5.32 Å². The van der Waals surface area contributed by atoms with E-state index in [0.717, 1.165) is 32.4 Å². The van der Waals surface area contributed by atoms with Gasteiger partial charge in [0.25, 0.3) is 0 Å². The summed E-state index contributed by atoms with van der Waals surface area (Å²) in [6, 6.07) is 1.23. The number of carbonyl (C=O) groups is 1. The first kappa shape index (κ1) is 14.3. The third kappa shape index (κ3) is 2.75. The molecule has 2 heterocycles. The molecule has 1 aromatic rings. The Morgan fingerprint density at radius 3 is 2.90 bits per heavy atom. The number of hydrogen-bond donors (Lipinski definition) is 1. The van der Waals surface area contributed by atoms with Gasteiger partial charge in [-0.15, -0.1) is 0 Å². The van der Waals surface area contributed by atoms with Gasteiger partial charge in [-0.1, -0.05) is 0 Å². The molecule has 0 bridgehead atoms. The van der Waals surface area contributed by atoms with Crippen molar-refractivity contribution in [1.82, 2.24) is 5.32 Å². The molecule has 0 aromatic heterocycles. The number of nitrogens with one attached hydrogen (secondary N) is 1. The van der Waals surface area contributed by atoms with Gasteiger partial charge in [0.15, 0.2) is 18.2 Å². The van der Waals surface area contributed by atoms with E-state index in [1.165, 1.54) is 13.2 Å². The number of piperidine rings is 1. The van der Waals surface area contributed by atoms with Crippen LogP contribution in [0.1, 0.15) is 35.2 Å². The first-order valence-electron chi connectivity index (χ1n) is 7.46. The molecule has 0 unspecified atom stereocenters. The maximum atomic E-state index is 14.1. The second-order valence-corrected chi connectivity index (χ2v) is 5.69. The molecule has 3 rings (SSSR count). The fourth-order valence-corrected chi connectivity index (χ4v) is 3.22. The fourth-order valence-electron chi connectivity index (χ4n) is 3.22. The number of ketones is 1. The number of carbonyl (C=O) groups excluding carboxylic acids is 1. The molecule has 0 amide bonds. The lowest BCUT2D eigenvalue weighted by Gasteiger charge is -2.23. The number of halogens is 1. The summed E-state index contributed by atoms with van der Waals surface area (Å²) in [5, 5.41) is 3.34. The average molecular weight is 293 g/mol. The van der Waals surface area contributed by atoms with Crippen LogP contribution in [0.3, 0.4) is 0 Å². The number of benzene rings is 1. The van der Waals surface area contributed by atoms with Crippen LogP contribution >= 0.6 is 0 Å². The van der Waals surface area contributed by atoms with E-state index in [-0.39, 0.29) is 18.1 Å². The van der Waals surface area contributed by atoms with Crippen LogP contribution in [0.25, 0.3) is 0 Å². The van der Waals surface area contributed by atoms with E-state index in [9.17, 15) is 9.18 Å². The molecule has 2 aliphatic heterocycles. The average Bonchev–Trinajstić information content (AvgIpc) is 2.87. The van der Waals surface area contributed by atoms with Crippen molar-refractivity contribution in [1.29, 1.82) is 0 Å². The lowest BCUT2D eigenvalue weighted by molar-refractivity contribution is 0.0960. The largest absolute Gasteiger partial charge is 0.493 e. The predicted octanol–water partition coefficient (Wildman–Crippen LogP) is 2.34. The maximum absolute atomic E-state index is 14.1. The van der Waals surface area contributed by atoms with Crippen LogP contribution < -0.4 is 14.8 Å². The quantitative estimate of drug-likeness (QED) is 0.925. The van der Waals surface area contributed by atoms with Gasteiger partial charge in [0.1, 0.15) is 5.75 Å². The zero-order chi connectivity index (χ0) is 14.8. The van der Waals surface area contributed by atoms with Gasteiger partial charge in [-0.25, -0.2) is 4.39 Å². The minimum atomic E-state index is -0.476. The molecule has 1 fully saturated rings. The summed E-state index contributed by atoms with van der Waals surface area (Å²) in [6.07, 6.45) is 3.92. The molecule has 5 heteroatoms. The van der Waals surface area contributed by atoms with Crippen molar-refractivity contribution in [2.45, 2.75) is 25.7 Å². The summed E-state index contributed by atoms with van der Waals surface area (Å²) < 4.78 is 24.8. The highest BCUT2D eigenvalue weighted by Gasteiger charge is 2.29. The summed E-state index contributed by atoms with van der Waals surface area (Å²) in [4.78, 5) is 11.7. The third-order valence-electron chi connectivity index (χ3n) is 4.39. The van der Waals surface area contributed by atoms with Gasteiger partial charge in [0, 0.05) is 5.56 Å². The zero-order valence-electron chi connectivity index (χ0n) is 12.2. The molecule has 21 heavy (non-hydrogen) atoms. The Kier molecular flexibility index (Phi) is 4.10. The summed E-state index contributed by atoms with van der Waals surface area (Å²) in [7, 11) is 1.45. The van der Waals surface area contributed by atoms with Crippen molar-refractivity contribution in [2.24, 2.45) is 5.92 Å². The van der Waals surface area contributed by atoms with Crippen molar-refractivity contribution in [3.63, 3.8) is 0 Å². The molecule has 114 valence electrons. The highest BCUT2D eigenvalue weighted by molar-refractivity contribution is 6.03. The highest BCUT2D eigenvalue weighted by atomic mass is 19.1. The number of methoxy groups -OCH3 is 1. The minimum Gasteiger partial charge on any atom is -0.493 e. The zero-order valence-corrected chi connectivity index (χ0v) is 12.2. The van der Waals surface area contributed by atoms with Crippen molar-refractivity contribution in [3.05, 3.63) is 23.0 Å². The number of rotatable bonds is 4. The summed E-state index contributed by atoms with van der Waals surface area (Å²) >= 11 is 0. The van der Waals surface area contributed by atoms with Crippen LogP contribution in [-0.2, 0) is 6.42 Å². The van der Waals surface area contributed by atoms with Crippen molar-refractivity contribution < 1.29 is 18.7 Å². The molecule has 1 N–H and O–H groups in total. The molecular formula is C16H20FNO3. The van der Waals surface area contributed by atoms with Crippen molar-refractivity contribution >= 4 is 5.78 Å². The van der Waals surface area contributed by atoms with Crippen LogP contribution in [-0.4, -0.2) is 32.6 Å². The summed E-state index contributed by atoms with van der Waals surface area (Å²) in [5.74, 6) is 0.738. The Bertz CT molecular complexity index is 553. The Labute approximate surface area is 123 Å². The van der Waals surface area contributed by atoms with Crippen molar-refractivity contribution in [3.8, 4) is 11.5 Å². The van der Waals surface area contributed by atoms with Crippen LogP contribution in [0.15, 0.2) is 6.07 Å². The Morgan fingerprint density at radius 1 is 1.43 bits per heavy atom. The van der Waals surface area contributed by atoms with Gasteiger partial charge in [-0.2, -0.15) is 0 Å². The van der Waals surface area contributed by atoms with Crippen LogP contribution in [0.4, 0.5) is 4.39 Å². The molecular weight excluding hydrogens is 273 g/mol. The Balaban J connectivity index is 1.85. The second kappa shape index (κ2) is 6.02. The number of ether oxygens (including phenoxy) is 2. The van der Waals surface area contributed by atoms with Gasteiger partial charge < -0.3 is 14.8 Å². The molecule has 2 aliphatic rings.